The van der Waals surface area contributed by atoms with Crippen LogP contribution in [-0.4, -0.2) is 16.2 Å². The van der Waals surface area contributed by atoms with Crippen molar-refractivity contribution in [3.8, 4) is 5.75 Å². The van der Waals surface area contributed by atoms with Gasteiger partial charge in [-0.05, 0) is 36.1 Å². The summed E-state index contributed by atoms with van der Waals surface area (Å²) in [6.07, 6.45) is 5.98. The largest absolute Gasteiger partial charge is 0.491 e. The maximum Gasteiger partial charge on any atom is 0.258 e. The van der Waals surface area contributed by atoms with Crippen LogP contribution in [0.3, 0.4) is 0 Å². The topological polar surface area (TPSA) is 70.1 Å². The number of ether oxygens (including phenoxy) is 1. The average molecular weight is 412 g/mol. The molecular weight excluding hydrogens is 382 g/mol. The molecule has 0 radical (unpaired) electrons. The number of pyridine rings is 1. The van der Waals surface area contributed by atoms with E-state index >= 15 is 0 Å². The Kier molecular flexibility index (Phi) is 7.23. The van der Waals surface area contributed by atoms with Crippen LogP contribution >= 0.6 is 11.3 Å². The summed E-state index contributed by atoms with van der Waals surface area (Å²) in [5.74, 6) is 1.07. The molecule has 2 heterocycles. The molecule has 5 nitrogen and oxygen atoms in total. The lowest BCUT2D eigenvalue weighted by atomic mass is 10.0. The van der Waals surface area contributed by atoms with Crippen molar-refractivity contribution in [2.45, 2.75) is 46.7 Å². The van der Waals surface area contributed by atoms with Gasteiger partial charge in [-0.2, -0.15) is 0 Å². The second-order valence-corrected chi connectivity index (χ2v) is 8.26. The van der Waals surface area contributed by atoms with Gasteiger partial charge in [0.05, 0.1) is 28.9 Å². The number of hydrogen-bond donors (Lipinski definition) is 1. The van der Waals surface area contributed by atoms with E-state index in [0.29, 0.717) is 24.5 Å². The van der Waals surface area contributed by atoms with Crippen molar-refractivity contribution >= 4 is 34.3 Å². The number of rotatable bonds is 9. The molecule has 3 rings (SSSR count). The van der Waals surface area contributed by atoms with E-state index in [1.54, 1.807) is 15.9 Å². The molecule has 2 aromatic heterocycles. The van der Waals surface area contributed by atoms with Gasteiger partial charge in [-0.25, -0.2) is 4.98 Å². The molecule has 0 aliphatic carbocycles. The summed E-state index contributed by atoms with van der Waals surface area (Å²) in [6.45, 7) is 7.82. The minimum Gasteiger partial charge on any atom is -0.491 e. The van der Waals surface area contributed by atoms with E-state index < -0.39 is 0 Å². The highest BCUT2D eigenvalue weighted by atomic mass is 32.1. The highest BCUT2D eigenvalue weighted by Crippen LogP contribution is 2.30. The Morgan fingerprint density at radius 1 is 1.28 bits per heavy atom. The lowest BCUT2D eigenvalue weighted by Gasteiger charge is -2.20. The zero-order valence-corrected chi connectivity index (χ0v) is 18.2. The van der Waals surface area contributed by atoms with Gasteiger partial charge in [-0.1, -0.05) is 39.3 Å². The lowest BCUT2D eigenvalue weighted by molar-refractivity contribution is 0.304. The Balaban J connectivity index is 2.15. The fourth-order valence-corrected chi connectivity index (χ4v) is 3.83. The first kappa shape index (κ1) is 21.3. The molecule has 2 N–H and O–H groups in total. The predicted molar refractivity (Wildman–Crippen MR) is 122 cm³/mol. The van der Waals surface area contributed by atoms with Gasteiger partial charge in [0.15, 0.2) is 0 Å². The van der Waals surface area contributed by atoms with Gasteiger partial charge >= 0.3 is 0 Å². The summed E-state index contributed by atoms with van der Waals surface area (Å²) in [6, 6.07) is 5.87. The van der Waals surface area contributed by atoms with Crippen molar-refractivity contribution in [1.29, 1.82) is 0 Å². The van der Waals surface area contributed by atoms with Crippen LogP contribution in [0.15, 0.2) is 33.9 Å². The first-order valence-electron chi connectivity index (χ1n) is 10.1. The number of benzene rings is 1. The quantitative estimate of drug-likeness (QED) is 0.507. The number of aromatic nitrogens is 2. The third kappa shape index (κ3) is 4.95. The van der Waals surface area contributed by atoms with Gasteiger partial charge < -0.3 is 15.0 Å². The van der Waals surface area contributed by atoms with Gasteiger partial charge in [-0.3, -0.25) is 4.79 Å². The zero-order chi connectivity index (χ0) is 20.8. The highest BCUT2D eigenvalue weighted by Gasteiger charge is 2.18. The molecule has 0 saturated heterocycles. The zero-order valence-electron chi connectivity index (χ0n) is 17.4. The SMILES string of the molecule is CCCCOc1c(CN)n(CC(C)C)c(=O)c2ccc(C=Cc3cscn3)cc12. The summed E-state index contributed by atoms with van der Waals surface area (Å²) in [5, 5.41) is 3.49. The highest BCUT2D eigenvalue weighted by molar-refractivity contribution is 7.07. The van der Waals surface area contributed by atoms with Crippen LogP contribution in [0.2, 0.25) is 0 Å². The first-order valence-corrected chi connectivity index (χ1v) is 11.1. The van der Waals surface area contributed by atoms with E-state index in [9.17, 15) is 4.79 Å². The van der Waals surface area contributed by atoms with Crippen LogP contribution in [0.1, 0.15) is 50.6 Å². The molecule has 0 atom stereocenters. The summed E-state index contributed by atoms with van der Waals surface area (Å²) >= 11 is 1.56. The Morgan fingerprint density at radius 3 is 2.76 bits per heavy atom. The number of nitrogens with zero attached hydrogens (tertiary/aromatic N) is 2. The van der Waals surface area contributed by atoms with E-state index in [2.05, 4.69) is 25.8 Å². The number of unbranched alkanes of at least 4 members (excludes halogenated alkanes) is 1. The van der Waals surface area contributed by atoms with Crippen LogP contribution in [0.4, 0.5) is 0 Å². The number of fused-ring (bicyclic) bond motifs is 1. The van der Waals surface area contributed by atoms with Crippen molar-refractivity contribution in [2.75, 3.05) is 6.61 Å². The standard InChI is InChI=1S/C23H29N3O2S/c1-4-5-10-28-22-20-11-17(6-8-18-14-29-15-25-18)7-9-19(20)23(27)26(13-16(2)3)21(22)12-24/h6-9,11,14-16H,4-5,10,12-13,24H2,1-3H3. The monoisotopic (exact) mass is 411 g/mol. The Morgan fingerprint density at radius 2 is 2.10 bits per heavy atom. The van der Waals surface area contributed by atoms with E-state index in [0.717, 1.165) is 40.9 Å². The third-order valence-corrected chi connectivity index (χ3v) is 5.34. The molecule has 1 aromatic carbocycles. The second-order valence-electron chi connectivity index (χ2n) is 7.54. The summed E-state index contributed by atoms with van der Waals surface area (Å²) in [5.41, 5.74) is 10.6. The maximum absolute atomic E-state index is 13.2. The van der Waals surface area contributed by atoms with E-state index in [-0.39, 0.29) is 12.1 Å². The molecule has 0 fully saturated rings. The van der Waals surface area contributed by atoms with Crippen molar-refractivity contribution in [3.63, 3.8) is 0 Å². The Labute approximate surface area is 175 Å². The molecule has 154 valence electrons. The summed E-state index contributed by atoms with van der Waals surface area (Å²) in [7, 11) is 0. The molecule has 0 saturated carbocycles. The fourth-order valence-electron chi connectivity index (χ4n) is 3.31. The number of hydrogen-bond acceptors (Lipinski definition) is 5. The molecule has 3 aromatic rings. The van der Waals surface area contributed by atoms with Crippen LogP contribution in [0.25, 0.3) is 22.9 Å². The molecule has 0 spiro atoms. The summed E-state index contributed by atoms with van der Waals surface area (Å²) < 4.78 is 7.98. The predicted octanol–water partition coefficient (Wildman–Crippen LogP) is 4.92. The number of nitrogens with two attached hydrogens (primary N) is 1. The normalized spacial score (nSPS) is 11.8. The van der Waals surface area contributed by atoms with Gasteiger partial charge in [-0.15, -0.1) is 11.3 Å². The molecule has 0 unspecified atom stereocenters. The van der Waals surface area contributed by atoms with Crippen molar-refractivity contribution < 1.29 is 4.74 Å². The molecular formula is C23H29N3O2S. The first-order chi connectivity index (χ1) is 14.0. The maximum atomic E-state index is 13.2. The van der Waals surface area contributed by atoms with Crippen LogP contribution in [0, 0.1) is 5.92 Å². The van der Waals surface area contributed by atoms with Gasteiger partial charge in [0, 0.05) is 23.9 Å². The van der Waals surface area contributed by atoms with E-state index in [4.69, 9.17) is 10.5 Å². The second kappa shape index (κ2) is 9.85. The van der Waals surface area contributed by atoms with E-state index in [1.165, 1.54) is 0 Å². The van der Waals surface area contributed by atoms with Crippen molar-refractivity contribution in [2.24, 2.45) is 11.7 Å². The van der Waals surface area contributed by atoms with Crippen molar-refractivity contribution in [3.05, 3.63) is 56.4 Å². The smallest absolute Gasteiger partial charge is 0.258 e. The molecule has 6 heteroatoms. The molecule has 0 aliphatic heterocycles. The fraction of sp³-hybridized carbons (Fsp3) is 0.391. The minimum atomic E-state index is -0.00739. The molecule has 29 heavy (non-hydrogen) atoms. The van der Waals surface area contributed by atoms with Gasteiger partial charge in [0.1, 0.15) is 5.75 Å². The Hall–Kier alpha value is -2.44. The lowest BCUT2D eigenvalue weighted by Crippen LogP contribution is -2.28. The number of thiazole rings is 1. The minimum absolute atomic E-state index is 0.00739. The van der Waals surface area contributed by atoms with Gasteiger partial charge in [0.2, 0.25) is 0 Å². The van der Waals surface area contributed by atoms with Crippen LogP contribution in [-0.2, 0) is 13.1 Å². The van der Waals surface area contributed by atoms with Gasteiger partial charge in [0.25, 0.3) is 5.56 Å². The molecule has 0 aliphatic rings. The van der Waals surface area contributed by atoms with Crippen LogP contribution < -0.4 is 16.0 Å². The third-order valence-electron chi connectivity index (χ3n) is 4.74. The van der Waals surface area contributed by atoms with Crippen molar-refractivity contribution in [1.82, 2.24) is 9.55 Å². The summed E-state index contributed by atoms with van der Waals surface area (Å²) in [4.78, 5) is 17.5. The van der Waals surface area contributed by atoms with Crippen LogP contribution in [0.5, 0.6) is 5.75 Å². The molecule has 0 amide bonds. The van der Waals surface area contributed by atoms with E-state index in [1.807, 2.05) is 41.2 Å². The molecule has 0 bridgehead atoms. The Bertz CT molecular complexity index is 1040. The average Bonchev–Trinajstić information content (AvgIpc) is 3.23.